The highest BCUT2D eigenvalue weighted by Gasteiger charge is 2.13. The van der Waals surface area contributed by atoms with Crippen LogP contribution in [0, 0.1) is 0 Å². The topological polar surface area (TPSA) is 119 Å². The van der Waals surface area contributed by atoms with Gasteiger partial charge in [0, 0.05) is 5.69 Å². The summed E-state index contributed by atoms with van der Waals surface area (Å²) < 4.78 is 15.1. The molecule has 9 nitrogen and oxygen atoms in total. The number of hydrazone groups is 1. The predicted octanol–water partition coefficient (Wildman–Crippen LogP) is 2.60. The second-order valence-electron chi connectivity index (χ2n) is 5.82. The Kier molecular flexibility index (Phi) is 6.57. The molecule has 0 radical (unpaired) electrons. The van der Waals surface area contributed by atoms with Crippen molar-refractivity contribution in [3.05, 3.63) is 78.3 Å². The van der Waals surface area contributed by atoms with Gasteiger partial charge in [-0.15, -0.1) is 0 Å². The first-order valence-electron chi connectivity index (χ1n) is 8.69. The fourth-order valence-corrected chi connectivity index (χ4v) is 2.25. The van der Waals surface area contributed by atoms with Crippen LogP contribution in [-0.4, -0.2) is 31.1 Å². The number of methoxy groups -OCH3 is 1. The number of hydrogen-bond acceptors (Lipinski definition) is 7. The first-order valence-corrected chi connectivity index (χ1v) is 8.69. The number of benzene rings is 2. The van der Waals surface area contributed by atoms with Gasteiger partial charge in [0.1, 0.15) is 11.5 Å². The van der Waals surface area contributed by atoms with Gasteiger partial charge in [-0.25, -0.2) is 10.2 Å². The molecule has 0 unspecified atom stereocenters. The van der Waals surface area contributed by atoms with E-state index < -0.39 is 17.8 Å². The lowest BCUT2D eigenvalue weighted by atomic mass is 10.2. The van der Waals surface area contributed by atoms with Crippen molar-refractivity contribution in [3.8, 4) is 11.5 Å². The Bertz CT molecular complexity index is 1040. The van der Waals surface area contributed by atoms with Crippen LogP contribution >= 0.6 is 0 Å². The maximum absolute atomic E-state index is 11.9. The monoisotopic (exact) mass is 407 g/mol. The van der Waals surface area contributed by atoms with E-state index in [0.29, 0.717) is 22.7 Å². The van der Waals surface area contributed by atoms with Gasteiger partial charge in [0.2, 0.25) is 5.76 Å². The molecule has 1 aromatic heterocycles. The maximum atomic E-state index is 11.9. The van der Waals surface area contributed by atoms with Crippen molar-refractivity contribution >= 4 is 29.7 Å². The molecule has 2 N–H and O–H groups in total. The largest absolute Gasteiger partial charge is 0.497 e. The number of amides is 2. The molecule has 0 aliphatic heterocycles. The molecule has 1 heterocycles. The molecule has 2 amide bonds. The number of ether oxygens (including phenoxy) is 2. The van der Waals surface area contributed by atoms with Crippen molar-refractivity contribution in [2.24, 2.45) is 5.10 Å². The van der Waals surface area contributed by atoms with E-state index >= 15 is 0 Å². The molecule has 2 aromatic carbocycles. The zero-order valence-electron chi connectivity index (χ0n) is 15.8. The first kappa shape index (κ1) is 20.3. The smallest absolute Gasteiger partial charge is 0.379 e. The van der Waals surface area contributed by atoms with Gasteiger partial charge in [0.15, 0.2) is 0 Å². The quantitative estimate of drug-likeness (QED) is 0.213. The van der Waals surface area contributed by atoms with E-state index in [9.17, 15) is 14.4 Å². The van der Waals surface area contributed by atoms with Crippen LogP contribution < -0.4 is 20.2 Å². The maximum Gasteiger partial charge on any atom is 0.379 e. The summed E-state index contributed by atoms with van der Waals surface area (Å²) >= 11 is 0. The molecular formula is C21H17N3O6. The number of carbonyl (C=O) groups is 3. The number of nitrogens with one attached hydrogen (secondary N) is 2. The van der Waals surface area contributed by atoms with Gasteiger partial charge in [-0.3, -0.25) is 9.59 Å². The summed E-state index contributed by atoms with van der Waals surface area (Å²) in [6, 6.07) is 16.0. The first-order chi connectivity index (χ1) is 14.5. The Labute approximate surface area is 171 Å². The molecule has 0 saturated heterocycles. The van der Waals surface area contributed by atoms with Crippen molar-refractivity contribution in [3.63, 3.8) is 0 Å². The van der Waals surface area contributed by atoms with E-state index in [1.54, 1.807) is 54.6 Å². The zero-order chi connectivity index (χ0) is 21.3. The van der Waals surface area contributed by atoms with Crippen LogP contribution in [-0.2, 0) is 9.59 Å². The molecule has 0 aliphatic carbocycles. The van der Waals surface area contributed by atoms with Gasteiger partial charge >= 0.3 is 17.8 Å². The third-order valence-corrected chi connectivity index (χ3v) is 3.75. The molecule has 0 spiro atoms. The van der Waals surface area contributed by atoms with Crippen LogP contribution in [0.25, 0.3) is 0 Å². The average Bonchev–Trinajstić information content (AvgIpc) is 3.30. The zero-order valence-corrected chi connectivity index (χ0v) is 15.8. The number of esters is 1. The van der Waals surface area contributed by atoms with E-state index in [0.717, 1.165) is 0 Å². The van der Waals surface area contributed by atoms with Crippen LogP contribution in [0.3, 0.4) is 0 Å². The van der Waals surface area contributed by atoms with Crippen molar-refractivity contribution in [1.82, 2.24) is 5.43 Å². The fraction of sp³-hybridized carbons (Fsp3) is 0.0476. The second kappa shape index (κ2) is 9.69. The molecular weight excluding hydrogens is 390 g/mol. The molecule has 0 atom stereocenters. The Balaban J connectivity index is 1.48. The van der Waals surface area contributed by atoms with Crippen molar-refractivity contribution in [2.45, 2.75) is 0 Å². The van der Waals surface area contributed by atoms with E-state index in [4.69, 9.17) is 13.9 Å². The highest BCUT2D eigenvalue weighted by Crippen LogP contribution is 2.15. The van der Waals surface area contributed by atoms with Gasteiger partial charge in [0.05, 0.1) is 19.6 Å². The Morgan fingerprint density at radius 3 is 2.27 bits per heavy atom. The van der Waals surface area contributed by atoms with Crippen LogP contribution in [0.15, 0.2) is 76.4 Å². The lowest BCUT2D eigenvalue weighted by Gasteiger charge is -2.05. The summed E-state index contributed by atoms with van der Waals surface area (Å²) in [6.07, 6.45) is 2.72. The summed E-state index contributed by atoms with van der Waals surface area (Å²) in [6.45, 7) is 0. The minimum atomic E-state index is -0.925. The molecule has 0 aliphatic rings. The number of nitrogens with zero attached hydrogens (tertiary/aromatic N) is 1. The minimum Gasteiger partial charge on any atom is -0.497 e. The average molecular weight is 407 g/mol. The summed E-state index contributed by atoms with van der Waals surface area (Å²) in [4.78, 5) is 35.5. The Hall–Kier alpha value is -4.40. The second-order valence-corrected chi connectivity index (χ2v) is 5.82. The number of hydrogen-bond donors (Lipinski definition) is 2. The van der Waals surface area contributed by atoms with Crippen LogP contribution in [0.4, 0.5) is 5.69 Å². The van der Waals surface area contributed by atoms with E-state index in [1.165, 1.54) is 25.7 Å². The molecule has 9 heteroatoms. The molecule has 152 valence electrons. The van der Waals surface area contributed by atoms with Crippen LogP contribution in [0.5, 0.6) is 11.5 Å². The van der Waals surface area contributed by atoms with Gasteiger partial charge < -0.3 is 19.2 Å². The molecule has 3 aromatic rings. The molecule has 30 heavy (non-hydrogen) atoms. The van der Waals surface area contributed by atoms with Gasteiger partial charge in [-0.2, -0.15) is 5.10 Å². The normalized spacial score (nSPS) is 10.4. The Morgan fingerprint density at radius 2 is 1.63 bits per heavy atom. The molecule has 0 bridgehead atoms. The molecule has 0 saturated carbocycles. The Morgan fingerprint density at radius 1 is 0.933 bits per heavy atom. The number of carbonyl (C=O) groups excluding carboxylic acids is 3. The molecule has 0 fully saturated rings. The summed E-state index contributed by atoms with van der Waals surface area (Å²) in [5, 5.41) is 6.18. The lowest BCUT2D eigenvalue weighted by Crippen LogP contribution is -2.32. The predicted molar refractivity (Wildman–Crippen MR) is 107 cm³/mol. The SMILES string of the molecule is COc1ccc(NC(=O)C(=O)N/N=C/c2ccc(OC(=O)c3ccco3)cc2)cc1. The van der Waals surface area contributed by atoms with Crippen LogP contribution in [0.1, 0.15) is 16.1 Å². The number of rotatable bonds is 6. The van der Waals surface area contributed by atoms with Crippen molar-refractivity contribution in [1.29, 1.82) is 0 Å². The summed E-state index contributed by atoms with van der Waals surface area (Å²) in [5.74, 6) is -1.36. The molecule has 3 rings (SSSR count). The lowest BCUT2D eigenvalue weighted by molar-refractivity contribution is -0.136. The summed E-state index contributed by atoms with van der Waals surface area (Å²) in [5.41, 5.74) is 3.19. The standard InChI is InChI=1S/C21H17N3O6/c1-28-16-10-6-15(7-11-16)23-19(25)20(26)24-22-13-14-4-8-17(9-5-14)30-21(27)18-3-2-12-29-18/h2-13H,1H3,(H,23,25)(H,24,26)/b22-13+. The van der Waals surface area contributed by atoms with E-state index in [2.05, 4.69) is 15.8 Å². The van der Waals surface area contributed by atoms with Crippen molar-refractivity contribution < 1.29 is 28.3 Å². The highest BCUT2D eigenvalue weighted by molar-refractivity contribution is 6.39. The highest BCUT2D eigenvalue weighted by atomic mass is 16.5. The fourth-order valence-electron chi connectivity index (χ4n) is 2.25. The third kappa shape index (κ3) is 5.55. The van der Waals surface area contributed by atoms with E-state index in [-0.39, 0.29) is 5.76 Å². The number of anilines is 1. The van der Waals surface area contributed by atoms with Crippen LogP contribution in [0.2, 0.25) is 0 Å². The number of furan rings is 1. The van der Waals surface area contributed by atoms with E-state index in [1.807, 2.05) is 0 Å². The van der Waals surface area contributed by atoms with Crippen molar-refractivity contribution in [2.75, 3.05) is 12.4 Å². The third-order valence-electron chi connectivity index (χ3n) is 3.75. The van der Waals surface area contributed by atoms with Gasteiger partial charge in [0.25, 0.3) is 0 Å². The minimum absolute atomic E-state index is 0.0938. The van der Waals surface area contributed by atoms with Gasteiger partial charge in [-0.05, 0) is 66.2 Å². The van der Waals surface area contributed by atoms with Gasteiger partial charge in [-0.1, -0.05) is 0 Å². The summed E-state index contributed by atoms with van der Waals surface area (Å²) in [7, 11) is 1.53.